The van der Waals surface area contributed by atoms with Gasteiger partial charge in [-0.2, -0.15) is 0 Å². The minimum absolute atomic E-state index is 0.210. The van der Waals surface area contributed by atoms with Crippen LogP contribution in [0.25, 0.3) is 0 Å². The fourth-order valence-corrected chi connectivity index (χ4v) is 4.15. The maximum absolute atomic E-state index is 12.9. The van der Waals surface area contributed by atoms with Crippen molar-refractivity contribution < 1.29 is 14.4 Å². The second kappa shape index (κ2) is 10.5. The fraction of sp³-hybridized carbons (Fsp3) is 0.476. The Kier molecular flexibility index (Phi) is 7.80. The van der Waals surface area contributed by atoms with Gasteiger partial charge in [0.25, 0.3) is 0 Å². The number of quaternary nitrogens is 1. The first-order valence-corrected chi connectivity index (χ1v) is 10.7. The highest BCUT2D eigenvalue weighted by Gasteiger charge is 2.18. The Morgan fingerprint density at radius 1 is 1.19 bits per heavy atom. The van der Waals surface area contributed by atoms with Crippen LogP contribution in [0.2, 0.25) is 0 Å². The molecule has 0 spiro atoms. The number of amides is 1. The average Bonchev–Trinajstić information content (AvgIpc) is 3.11. The van der Waals surface area contributed by atoms with E-state index in [1.165, 1.54) is 5.69 Å². The van der Waals surface area contributed by atoms with Gasteiger partial charge in [-0.1, -0.05) is 18.2 Å². The van der Waals surface area contributed by atoms with Crippen LogP contribution < -0.4 is 4.90 Å². The first-order valence-electron chi connectivity index (χ1n) is 9.69. The first-order chi connectivity index (χ1) is 13.2. The molecule has 0 bridgehead atoms. The highest BCUT2D eigenvalue weighted by Crippen LogP contribution is 2.18. The molecule has 1 aliphatic rings. The SMILES string of the molecule is Cn1cccc1CN(CCC[NH+]1CCOCC1)C(=O)CSc1ccccc1. The van der Waals surface area contributed by atoms with E-state index in [2.05, 4.69) is 22.8 Å². The number of hydrogen-bond donors (Lipinski definition) is 1. The van der Waals surface area contributed by atoms with Crippen LogP contribution in [0.1, 0.15) is 12.1 Å². The van der Waals surface area contributed by atoms with Crippen LogP contribution in [-0.4, -0.2) is 60.5 Å². The molecule has 0 atom stereocenters. The molecule has 1 aromatic heterocycles. The number of nitrogens with one attached hydrogen (secondary N) is 1. The molecule has 0 radical (unpaired) electrons. The third-order valence-electron chi connectivity index (χ3n) is 5.02. The van der Waals surface area contributed by atoms with E-state index in [4.69, 9.17) is 4.74 Å². The van der Waals surface area contributed by atoms with Crippen molar-refractivity contribution in [1.29, 1.82) is 0 Å². The molecule has 2 heterocycles. The Bertz CT molecular complexity index is 698. The number of aryl methyl sites for hydroxylation is 1. The van der Waals surface area contributed by atoms with Gasteiger partial charge >= 0.3 is 0 Å². The van der Waals surface area contributed by atoms with Crippen molar-refractivity contribution in [2.24, 2.45) is 7.05 Å². The molecule has 3 rings (SSSR count). The fourth-order valence-electron chi connectivity index (χ4n) is 3.33. The number of rotatable bonds is 9. The van der Waals surface area contributed by atoms with Crippen molar-refractivity contribution in [1.82, 2.24) is 9.47 Å². The molecule has 146 valence electrons. The number of morpholine rings is 1. The molecule has 0 unspecified atom stereocenters. The second-order valence-electron chi connectivity index (χ2n) is 6.99. The zero-order chi connectivity index (χ0) is 18.9. The highest BCUT2D eigenvalue weighted by atomic mass is 32.2. The van der Waals surface area contributed by atoms with E-state index in [1.807, 2.05) is 42.4 Å². The molecule has 1 amide bonds. The molecule has 0 saturated carbocycles. The lowest BCUT2D eigenvalue weighted by Crippen LogP contribution is -3.14. The van der Waals surface area contributed by atoms with Gasteiger partial charge in [0, 0.05) is 36.8 Å². The van der Waals surface area contributed by atoms with E-state index in [9.17, 15) is 4.79 Å². The molecule has 0 aliphatic carbocycles. The molecule has 1 aliphatic heterocycles. The molecule has 6 heteroatoms. The molecule has 27 heavy (non-hydrogen) atoms. The Morgan fingerprint density at radius 3 is 2.67 bits per heavy atom. The Morgan fingerprint density at radius 2 is 1.96 bits per heavy atom. The molecular weight excluding hydrogens is 358 g/mol. The molecule has 1 saturated heterocycles. The van der Waals surface area contributed by atoms with Gasteiger partial charge in [-0.3, -0.25) is 4.79 Å². The highest BCUT2D eigenvalue weighted by molar-refractivity contribution is 8.00. The number of carbonyl (C=O) groups excluding carboxylic acids is 1. The molecule has 1 N–H and O–H groups in total. The summed E-state index contributed by atoms with van der Waals surface area (Å²) in [6.07, 6.45) is 3.07. The summed E-state index contributed by atoms with van der Waals surface area (Å²) < 4.78 is 7.53. The molecule has 1 aromatic carbocycles. The van der Waals surface area contributed by atoms with Gasteiger partial charge in [-0.25, -0.2) is 0 Å². The summed E-state index contributed by atoms with van der Waals surface area (Å²) in [5, 5.41) is 0. The van der Waals surface area contributed by atoms with Gasteiger partial charge in [0.05, 0.1) is 32.1 Å². The van der Waals surface area contributed by atoms with Crippen LogP contribution in [-0.2, 0) is 23.1 Å². The van der Waals surface area contributed by atoms with Crippen molar-refractivity contribution in [3.05, 3.63) is 54.4 Å². The van der Waals surface area contributed by atoms with Crippen LogP contribution in [0, 0.1) is 0 Å². The number of ether oxygens (including phenoxy) is 1. The van der Waals surface area contributed by atoms with Crippen LogP contribution in [0.15, 0.2) is 53.6 Å². The Labute approximate surface area is 166 Å². The van der Waals surface area contributed by atoms with Crippen molar-refractivity contribution in [3.63, 3.8) is 0 Å². The standard InChI is InChI=1S/C21H29N3O2S/c1-22-10-5-7-19(22)17-24(12-6-11-23-13-15-26-16-14-23)21(25)18-27-20-8-3-2-4-9-20/h2-5,7-10H,6,11-18H2,1H3/p+1. The van der Waals surface area contributed by atoms with Gasteiger partial charge in [0.1, 0.15) is 13.1 Å². The quantitative estimate of drug-likeness (QED) is 0.661. The van der Waals surface area contributed by atoms with Crippen molar-refractivity contribution >= 4 is 17.7 Å². The molecule has 1 fully saturated rings. The number of nitrogens with zero attached hydrogens (tertiary/aromatic N) is 2. The zero-order valence-corrected chi connectivity index (χ0v) is 16.9. The van der Waals surface area contributed by atoms with Crippen molar-refractivity contribution in [2.75, 3.05) is 45.1 Å². The minimum atomic E-state index is 0.210. The van der Waals surface area contributed by atoms with Crippen LogP contribution in [0.5, 0.6) is 0 Å². The van der Waals surface area contributed by atoms with E-state index >= 15 is 0 Å². The largest absolute Gasteiger partial charge is 0.370 e. The molecule has 5 nitrogen and oxygen atoms in total. The van der Waals surface area contributed by atoms with Crippen LogP contribution in [0.3, 0.4) is 0 Å². The summed E-state index contributed by atoms with van der Waals surface area (Å²) in [6.45, 7) is 6.46. The van der Waals surface area contributed by atoms with Gasteiger partial charge in [0.15, 0.2) is 0 Å². The van der Waals surface area contributed by atoms with Crippen molar-refractivity contribution in [2.45, 2.75) is 17.9 Å². The van der Waals surface area contributed by atoms with Crippen LogP contribution >= 0.6 is 11.8 Å². The smallest absolute Gasteiger partial charge is 0.233 e. The van der Waals surface area contributed by atoms with E-state index in [0.717, 1.165) is 50.7 Å². The predicted octanol–water partition coefficient (Wildman–Crippen LogP) is 1.45. The van der Waals surface area contributed by atoms with Gasteiger partial charge in [0.2, 0.25) is 5.91 Å². The molecular formula is C21H30N3O2S+. The second-order valence-corrected chi connectivity index (χ2v) is 8.04. The normalized spacial score (nSPS) is 15.0. The number of carbonyl (C=O) groups is 1. The molecule has 2 aromatic rings. The first kappa shape index (κ1) is 20.0. The Hall–Kier alpha value is -1.76. The maximum atomic E-state index is 12.9. The average molecular weight is 389 g/mol. The van der Waals surface area contributed by atoms with E-state index in [1.54, 1.807) is 16.7 Å². The monoisotopic (exact) mass is 388 g/mol. The lowest BCUT2D eigenvalue weighted by atomic mass is 10.3. The lowest BCUT2D eigenvalue weighted by molar-refractivity contribution is -0.908. The number of benzene rings is 1. The number of hydrogen-bond acceptors (Lipinski definition) is 3. The third-order valence-corrected chi connectivity index (χ3v) is 6.02. The van der Waals surface area contributed by atoms with Crippen molar-refractivity contribution in [3.8, 4) is 0 Å². The van der Waals surface area contributed by atoms with E-state index in [-0.39, 0.29) is 5.91 Å². The third kappa shape index (κ3) is 6.41. The predicted molar refractivity (Wildman–Crippen MR) is 109 cm³/mol. The van der Waals surface area contributed by atoms with Gasteiger partial charge in [-0.15, -0.1) is 11.8 Å². The summed E-state index contributed by atoms with van der Waals surface area (Å²) in [5.41, 5.74) is 1.17. The summed E-state index contributed by atoms with van der Waals surface area (Å²) in [4.78, 5) is 17.7. The Balaban J connectivity index is 1.54. The minimum Gasteiger partial charge on any atom is -0.370 e. The number of aromatic nitrogens is 1. The zero-order valence-electron chi connectivity index (χ0n) is 16.1. The lowest BCUT2D eigenvalue weighted by Gasteiger charge is -2.26. The summed E-state index contributed by atoms with van der Waals surface area (Å²) in [5.74, 6) is 0.695. The summed E-state index contributed by atoms with van der Waals surface area (Å²) >= 11 is 1.62. The number of thioether (sulfide) groups is 1. The maximum Gasteiger partial charge on any atom is 0.233 e. The topological polar surface area (TPSA) is 38.9 Å². The van der Waals surface area contributed by atoms with Crippen LogP contribution in [0.4, 0.5) is 0 Å². The van der Waals surface area contributed by atoms with E-state index < -0.39 is 0 Å². The van der Waals surface area contributed by atoms with E-state index in [0.29, 0.717) is 12.3 Å². The summed E-state index contributed by atoms with van der Waals surface area (Å²) in [6, 6.07) is 14.3. The summed E-state index contributed by atoms with van der Waals surface area (Å²) in [7, 11) is 2.04. The van der Waals surface area contributed by atoms with Gasteiger partial charge < -0.3 is 19.1 Å². The van der Waals surface area contributed by atoms with Gasteiger partial charge in [-0.05, 0) is 24.3 Å².